The molecule has 0 saturated carbocycles. The molecular weight excluding hydrogens is 274 g/mol. The molecule has 0 bridgehead atoms. The van der Waals surface area contributed by atoms with Gasteiger partial charge in [0, 0.05) is 19.0 Å². The molecule has 1 amide bonds. The number of nitrogens with zero attached hydrogens (tertiary/aromatic N) is 3. The van der Waals surface area contributed by atoms with Crippen LogP contribution in [0.3, 0.4) is 0 Å². The Morgan fingerprint density at radius 2 is 2.00 bits per heavy atom. The van der Waals surface area contributed by atoms with Crippen molar-refractivity contribution >= 4 is 17.7 Å². The quantitative estimate of drug-likeness (QED) is 0.800. The molecule has 1 aliphatic rings. The second-order valence-corrected chi connectivity index (χ2v) is 7.02. The first-order valence-electron chi connectivity index (χ1n) is 7.19. The van der Waals surface area contributed by atoms with Crippen LogP contribution in [0.25, 0.3) is 0 Å². The van der Waals surface area contributed by atoms with Gasteiger partial charge in [-0.15, -0.1) is 10.2 Å². The molecule has 2 unspecified atom stereocenters. The monoisotopic (exact) mass is 297 g/mol. The van der Waals surface area contributed by atoms with E-state index in [1.54, 1.807) is 0 Å². The van der Waals surface area contributed by atoms with E-state index in [9.17, 15) is 4.79 Å². The highest BCUT2D eigenvalue weighted by molar-refractivity contribution is 7.99. The number of hydrogen-bond donors (Lipinski definition) is 0. The van der Waals surface area contributed by atoms with Gasteiger partial charge in [-0.25, -0.2) is 0 Å². The highest BCUT2D eigenvalue weighted by Crippen LogP contribution is 2.24. The van der Waals surface area contributed by atoms with Gasteiger partial charge in [-0.2, -0.15) is 0 Å². The van der Waals surface area contributed by atoms with E-state index in [4.69, 9.17) is 4.42 Å². The number of likely N-dealkylation sites (tertiary alicyclic amines) is 1. The number of rotatable bonds is 4. The summed E-state index contributed by atoms with van der Waals surface area (Å²) in [5.74, 6) is 2.56. The maximum absolute atomic E-state index is 12.2. The molecule has 6 heteroatoms. The Balaban J connectivity index is 1.85. The molecule has 2 heterocycles. The topological polar surface area (TPSA) is 59.2 Å². The molecule has 0 spiro atoms. The summed E-state index contributed by atoms with van der Waals surface area (Å²) in [4.78, 5) is 14.2. The number of aromatic nitrogens is 2. The molecule has 0 aromatic carbocycles. The fourth-order valence-corrected chi connectivity index (χ4v) is 3.27. The fraction of sp³-hybridized carbons (Fsp3) is 0.786. The zero-order chi connectivity index (χ0) is 14.7. The maximum Gasteiger partial charge on any atom is 0.277 e. The maximum atomic E-state index is 12.2. The van der Waals surface area contributed by atoms with E-state index in [0.29, 0.717) is 28.7 Å². The summed E-state index contributed by atoms with van der Waals surface area (Å²) in [5.41, 5.74) is 0. The molecule has 0 aliphatic carbocycles. The minimum atomic E-state index is 0.165. The molecule has 112 valence electrons. The van der Waals surface area contributed by atoms with Gasteiger partial charge < -0.3 is 9.32 Å². The molecule has 2 atom stereocenters. The second-order valence-electron chi connectivity index (χ2n) is 6.09. The molecule has 1 saturated heterocycles. The molecule has 0 N–H and O–H groups in total. The fourth-order valence-electron chi connectivity index (χ4n) is 2.59. The molecule has 1 fully saturated rings. The molecule has 1 aliphatic heterocycles. The smallest absolute Gasteiger partial charge is 0.277 e. The van der Waals surface area contributed by atoms with Crippen LogP contribution < -0.4 is 0 Å². The molecule has 20 heavy (non-hydrogen) atoms. The van der Waals surface area contributed by atoms with E-state index in [2.05, 4.69) is 24.0 Å². The van der Waals surface area contributed by atoms with Crippen LogP contribution in [-0.2, 0) is 4.79 Å². The van der Waals surface area contributed by atoms with Gasteiger partial charge in [0.2, 0.25) is 11.8 Å². The van der Waals surface area contributed by atoms with Gasteiger partial charge in [0.1, 0.15) is 0 Å². The van der Waals surface area contributed by atoms with E-state index in [-0.39, 0.29) is 11.8 Å². The molecule has 2 rings (SSSR count). The van der Waals surface area contributed by atoms with Crippen LogP contribution in [0.15, 0.2) is 9.64 Å². The summed E-state index contributed by atoms with van der Waals surface area (Å²) < 4.78 is 5.50. The summed E-state index contributed by atoms with van der Waals surface area (Å²) in [6, 6.07) is 0. The first-order valence-corrected chi connectivity index (χ1v) is 8.18. The third kappa shape index (κ3) is 3.98. The van der Waals surface area contributed by atoms with Gasteiger partial charge in [0.25, 0.3) is 5.22 Å². The van der Waals surface area contributed by atoms with Gasteiger partial charge in [-0.05, 0) is 18.3 Å². The summed E-state index contributed by atoms with van der Waals surface area (Å²) in [5, 5.41) is 8.41. The molecule has 1 aromatic rings. The van der Waals surface area contributed by atoms with Crippen molar-refractivity contribution in [2.45, 2.75) is 45.3 Å². The molecule has 0 radical (unpaired) electrons. The zero-order valence-electron chi connectivity index (χ0n) is 12.6. The van der Waals surface area contributed by atoms with Crippen molar-refractivity contribution in [1.82, 2.24) is 15.1 Å². The normalized spacial score (nSPS) is 23.4. The minimum absolute atomic E-state index is 0.165. The van der Waals surface area contributed by atoms with E-state index in [1.807, 2.05) is 18.7 Å². The van der Waals surface area contributed by atoms with Gasteiger partial charge in [0.05, 0.1) is 5.75 Å². The van der Waals surface area contributed by atoms with Crippen LogP contribution in [0.5, 0.6) is 0 Å². The van der Waals surface area contributed by atoms with Crippen molar-refractivity contribution in [3.8, 4) is 0 Å². The Morgan fingerprint density at radius 1 is 1.35 bits per heavy atom. The predicted molar refractivity (Wildman–Crippen MR) is 78.6 cm³/mol. The van der Waals surface area contributed by atoms with Gasteiger partial charge in [-0.1, -0.05) is 39.5 Å². The third-order valence-electron chi connectivity index (χ3n) is 3.46. The van der Waals surface area contributed by atoms with E-state index in [0.717, 1.165) is 13.1 Å². The predicted octanol–water partition coefficient (Wildman–Crippen LogP) is 2.79. The first-order chi connectivity index (χ1) is 9.45. The summed E-state index contributed by atoms with van der Waals surface area (Å²) in [6.45, 7) is 10.1. The largest absolute Gasteiger partial charge is 0.416 e. The Kier molecular flexibility index (Phi) is 5.07. The summed E-state index contributed by atoms with van der Waals surface area (Å²) in [7, 11) is 0. The summed E-state index contributed by atoms with van der Waals surface area (Å²) in [6.07, 6.45) is 1.21. The van der Waals surface area contributed by atoms with Gasteiger partial charge >= 0.3 is 0 Å². The van der Waals surface area contributed by atoms with Crippen LogP contribution in [0.1, 0.15) is 45.9 Å². The Hall–Kier alpha value is -1.04. The van der Waals surface area contributed by atoms with E-state index in [1.165, 1.54) is 18.2 Å². The van der Waals surface area contributed by atoms with Crippen molar-refractivity contribution in [3.63, 3.8) is 0 Å². The van der Waals surface area contributed by atoms with Crippen LogP contribution in [0.2, 0.25) is 0 Å². The Labute approximate surface area is 124 Å². The number of carbonyl (C=O) groups excluding carboxylic acids is 1. The van der Waals surface area contributed by atoms with Crippen molar-refractivity contribution < 1.29 is 9.21 Å². The van der Waals surface area contributed by atoms with Crippen LogP contribution >= 0.6 is 11.8 Å². The summed E-state index contributed by atoms with van der Waals surface area (Å²) >= 11 is 1.33. The van der Waals surface area contributed by atoms with E-state index >= 15 is 0 Å². The Bertz CT molecular complexity index is 451. The molecule has 5 nitrogen and oxygen atoms in total. The zero-order valence-corrected chi connectivity index (χ0v) is 13.4. The number of thioether (sulfide) groups is 1. The van der Waals surface area contributed by atoms with Crippen molar-refractivity contribution in [2.75, 3.05) is 18.8 Å². The van der Waals surface area contributed by atoms with Gasteiger partial charge in [0.15, 0.2) is 0 Å². The lowest BCUT2D eigenvalue weighted by atomic mass is 9.92. The second kappa shape index (κ2) is 6.61. The number of piperidine rings is 1. The highest BCUT2D eigenvalue weighted by Gasteiger charge is 2.25. The highest BCUT2D eigenvalue weighted by atomic mass is 32.2. The molecular formula is C14H23N3O2S. The average Bonchev–Trinajstić information content (AvgIpc) is 2.83. The lowest BCUT2D eigenvalue weighted by molar-refractivity contribution is -0.130. The van der Waals surface area contributed by atoms with E-state index < -0.39 is 0 Å². The van der Waals surface area contributed by atoms with Crippen LogP contribution in [0.4, 0.5) is 0 Å². The first kappa shape index (κ1) is 15.4. The SMILES string of the molecule is CC1CC(C)CN(C(=O)CSc2nnc(C(C)C)o2)C1. The van der Waals surface area contributed by atoms with Gasteiger partial charge in [-0.3, -0.25) is 4.79 Å². The van der Waals surface area contributed by atoms with Crippen LogP contribution in [-0.4, -0.2) is 39.8 Å². The lowest BCUT2D eigenvalue weighted by Gasteiger charge is -2.34. The van der Waals surface area contributed by atoms with Crippen molar-refractivity contribution in [3.05, 3.63) is 5.89 Å². The number of hydrogen-bond acceptors (Lipinski definition) is 5. The molecule has 1 aromatic heterocycles. The lowest BCUT2D eigenvalue weighted by Crippen LogP contribution is -2.43. The van der Waals surface area contributed by atoms with Crippen LogP contribution in [0, 0.1) is 11.8 Å². The Morgan fingerprint density at radius 3 is 2.55 bits per heavy atom. The third-order valence-corrected chi connectivity index (χ3v) is 4.26. The average molecular weight is 297 g/mol. The van der Waals surface area contributed by atoms with Crippen molar-refractivity contribution in [1.29, 1.82) is 0 Å². The number of amides is 1. The number of carbonyl (C=O) groups is 1. The standard InChI is InChI=1S/C14H23N3O2S/c1-9(2)13-15-16-14(19-13)20-8-12(18)17-6-10(3)5-11(4)7-17/h9-11H,5-8H2,1-4H3. The minimum Gasteiger partial charge on any atom is -0.416 e. The van der Waals surface area contributed by atoms with Crippen molar-refractivity contribution in [2.24, 2.45) is 11.8 Å².